The summed E-state index contributed by atoms with van der Waals surface area (Å²) in [4.78, 5) is -0.115. The minimum absolute atomic E-state index is 0.00909. The average molecular weight is 402 g/mol. The van der Waals surface area contributed by atoms with Gasteiger partial charge in [0, 0.05) is 18.8 Å². The predicted molar refractivity (Wildman–Crippen MR) is 95.3 cm³/mol. The number of halogens is 1. The monoisotopic (exact) mass is 402 g/mol. The zero-order valence-electron chi connectivity index (χ0n) is 14.1. The lowest BCUT2D eigenvalue weighted by Gasteiger charge is -2.14. The Morgan fingerprint density at radius 2 is 1.42 bits per heavy atom. The van der Waals surface area contributed by atoms with Crippen LogP contribution in [0.4, 0.5) is 10.1 Å². The molecular weight excluding hydrogens is 383 g/mol. The Balaban J connectivity index is 2.15. The fourth-order valence-corrected chi connectivity index (χ4v) is 4.43. The zero-order valence-corrected chi connectivity index (χ0v) is 15.8. The van der Waals surface area contributed by atoms with E-state index in [9.17, 15) is 21.2 Å². The van der Waals surface area contributed by atoms with E-state index in [1.165, 1.54) is 31.4 Å². The van der Waals surface area contributed by atoms with Gasteiger partial charge in [-0.25, -0.2) is 25.9 Å². The molecular formula is C16H19FN2O5S2. The highest BCUT2D eigenvalue weighted by atomic mass is 32.2. The van der Waals surface area contributed by atoms with Crippen LogP contribution in [0.5, 0.6) is 0 Å². The normalized spacial score (nSPS) is 13.3. The van der Waals surface area contributed by atoms with Crippen molar-refractivity contribution >= 4 is 25.7 Å². The van der Waals surface area contributed by atoms with Gasteiger partial charge in [-0.3, -0.25) is 4.72 Å². The van der Waals surface area contributed by atoms with E-state index in [1.807, 2.05) is 0 Å². The van der Waals surface area contributed by atoms with Crippen LogP contribution >= 0.6 is 0 Å². The third-order valence-corrected chi connectivity index (χ3v) is 6.32. The van der Waals surface area contributed by atoms with Crippen LogP contribution in [0.25, 0.3) is 0 Å². The number of ether oxygens (including phenoxy) is 1. The van der Waals surface area contributed by atoms with Gasteiger partial charge in [-0.05, 0) is 55.5 Å². The second-order valence-corrected chi connectivity index (χ2v) is 8.96. The summed E-state index contributed by atoms with van der Waals surface area (Å²) in [6, 6.07) is 9.16. The van der Waals surface area contributed by atoms with Crippen molar-refractivity contribution in [3.63, 3.8) is 0 Å². The number of anilines is 1. The maximum atomic E-state index is 12.9. The molecule has 0 saturated heterocycles. The lowest BCUT2D eigenvalue weighted by Crippen LogP contribution is -2.35. The largest absolute Gasteiger partial charge is 0.383 e. The summed E-state index contributed by atoms with van der Waals surface area (Å²) in [5.41, 5.74) is 0.179. The van der Waals surface area contributed by atoms with Crippen molar-refractivity contribution < 1.29 is 26.0 Å². The molecule has 0 aromatic heterocycles. The summed E-state index contributed by atoms with van der Waals surface area (Å²) in [6.45, 7) is 1.88. The number of hydrogen-bond donors (Lipinski definition) is 2. The fourth-order valence-electron chi connectivity index (χ4n) is 2.15. The van der Waals surface area contributed by atoms with Gasteiger partial charge < -0.3 is 4.74 Å². The average Bonchev–Trinajstić information content (AvgIpc) is 2.55. The van der Waals surface area contributed by atoms with Crippen LogP contribution in [0, 0.1) is 5.82 Å². The summed E-state index contributed by atoms with van der Waals surface area (Å²) in [5, 5.41) is 0. The van der Waals surface area contributed by atoms with Gasteiger partial charge >= 0.3 is 0 Å². The number of rotatable bonds is 8. The highest BCUT2D eigenvalue weighted by Gasteiger charge is 2.18. The molecule has 0 aliphatic rings. The Morgan fingerprint density at radius 3 is 1.96 bits per heavy atom. The number of methoxy groups -OCH3 is 1. The Bertz CT molecular complexity index is 943. The van der Waals surface area contributed by atoms with E-state index >= 15 is 0 Å². The van der Waals surface area contributed by atoms with E-state index in [0.29, 0.717) is 0 Å². The molecule has 0 aliphatic heterocycles. The van der Waals surface area contributed by atoms with Crippen LogP contribution < -0.4 is 9.44 Å². The molecule has 2 N–H and O–H groups in total. The number of hydrogen-bond acceptors (Lipinski definition) is 5. The molecule has 2 aromatic rings. The van der Waals surface area contributed by atoms with E-state index < -0.39 is 31.9 Å². The van der Waals surface area contributed by atoms with Crippen molar-refractivity contribution in [2.75, 3.05) is 18.4 Å². The highest BCUT2D eigenvalue weighted by Crippen LogP contribution is 2.19. The van der Waals surface area contributed by atoms with Gasteiger partial charge in [0.15, 0.2) is 0 Å². The molecule has 26 heavy (non-hydrogen) atoms. The Morgan fingerprint density at radius 1 is 0.923 bits per heavy atom. The third-order valence-electron chi connectivity index (χ3n) is 3.31. The van der Waals surface area contributed by atoms with Crippen LogP contribution in [-0.4, -0.2) is 36.6 Å². The van der Waals surface area contributed by atoms with Crippen molar-refractivity contribution in [1.29, 1.82) is 0 Å². The minimum Gasteiger partial charge on any atom is -0.383 e. The second kappa shape index (κ2) is 8.12. The Kier molecular flexibility index (Phi) is 6.34. The van der Waals surface area contributed by atoms with Crippen LogP contribution in [0.1, 0.15) is 6.92 Å². The van der Waals surface area contributed by atoms with Gasteiger partial charge in [0.1, 0.15) is 5.82 Å². The smallest absolute Gasteiger partial charge is 0.261 e. The SMILES string of the molecule is COC[C@@H](C)NS(=O)(=O)c1ccc(NS(=O)(=O)c2ccc(F)cc2)cc1. The van der Waals surface area contributed by atoms with Crippen molar-refractivity contribution in [3.05, 3.63) is 54.3 Å². The fraction of sp³-hybridized carbons (Fsp3) is 0.250. The van der Waals surface area contributed by atoms with Gasteiger partial charge in [-0.2, -0.15) is 0 Å². The maximum absolute atomic E-state index is 12.9. The van der Waals surface area contributed by atoms with Gasteiger partial charge in [0.05, 0.1) is 16.4 Å². The Hall–Kier alpha value is -2.01. The predicted octanol–water partition coefficient (Wildman–Crippen LogP) is 1.94. The topological polar surface area (TPSA) is 102 Å². The first-order valence-electron chi connectivity index (χ1n) is 7.54. The summed E-state index contributed by atoms with van der Waals surface area (Å²) in [6.07, 6.45) is 0. The molecule has 0 amide bonds. The number of benzene rings is 2. The van der Waals surface area contributed by atoms with E-state index in [4.69, 9.17) is 4.74 Å². The molecule has 0 spiro atoms. The molecule has 7 nitrogen and oxygen atoms in total. The molecule has 2 aromatic carbocycles. The number of sulfonamides is 2. The van der Waals surface area contributed by atoms with Gasteiger partial charge in [0.25, 0.3) is 10.0 Å². The minimum atomic E-state index is -3.90. The standard InChI is InChI=1S/C16H19FN2O5S2/c1-12(11-24-2)18-25(20,21)16-9-5-14(6-10-16)19-26(22,23)15-7-3-13(17)4-8-15/h3-10,12,18-19H,11H2,1-2H3/t12-/m1/s1. The Labute approximate surface area is 152 Å². The van der Waals surface area contributed by atoms with E-state index in [2.05, 4.69) is 9.44 Å². The molecule has 0 unspecified atom stereocenters. The molecule has 0 saturated carbocycles. The van der Waals surface area contributed by atoms with E-state index in [-0.39, 0.29) is 22.1 Å². The van der Waals surface area contributed by atoms with Gasteiger partial charge in [-0.15, -0.1) is 0 Å². The first kappa shape index (κ1) is 20.3. The summed E-state index contributed by atoms with van der Waals surface area (Å²) >= 11 is 0. The zero-order chi connectivity index (χ0) is 19.4. The second-order valence-electron chi connectivity index (χ2n) is 5.56. The molecule has 0 radical (unpaired) electrons. The van der Waals surface area contributed by atoms with Gasteiger partial charge in [0.2, 0.25) is 10.0 Å². The molecule has 10 heteroatoms. The van der Waals surface area contributed by atoms with Gasteiger partial charge in [-0.1, -0.05) is 0 Å². The molecule has 1 atom stereocenters. The van der Waals surface area contributed by atoms with Crippen molar-refractivity contribution in [3.8, 4) is 0 Å². The van der Waals surface area contributed by atoms with Crippen molar-refractivity contribution in [1.82, 2.24) is 4.72 Å². The molecule has 0 bridgehead atoms. The number of nitrogens with one attached hydrogen (secondary N) is 2. The van der Waals surface area contributed by atoms with E-state index in [1.54, 1.807) is 6.92 Å². The molecule has 142 valence electrons. The first-order valence-corrected chi connectivity index (χ1v) is 10.5. The highest BCUT2D eigenvalue weighted by molar-refractivity contribution is 7.92. The molecule has 0 heterocycles. The first-order chi connectivity index (χ1) is 12.1. The summed E-state index contributed by atoms with van der Waals surface area (Å²) in [5.74, 6) is -0.547. The molecule has 2 rings (SSSR count). The molecule has 0 fully saturated rings. The van der Waals surface area contributed by atoms with Crippen LogP contribution in [0.2, 0.25) is 0 Å². The van der Waals surface area contributed by atoms with Crippen molar-refractivity contribution in [2.24, 2.45) is 0 Å². The third kappa shape index (κ3) is 5.24. The lowest BCUT2D eigenvalue weighted by atomic mass is 10.3. The van der Waals surface area contributed by atoms with Crippen LogP contribution in [-0.2, 0) is 24.8 Å². The van der Waals surface area contributed by atoms with Crippen LogP contribution in [0.3, 0.4) is 0 Å². The van der Waals surface area contributed by atoms with E-state index in [0.717, 1.165) is 24.3 Å². The summed E-state index contributed by atoms with van der Waals surface area (Å²) < 4.78 is 71.5. The molecule has 0 aliphatic carbocycles. The van der Waals surface area contributed by atoms with Crippen LogP contribution in [0.15, 0.2) is 58.3 Å². The summed E-state index contributed by atoms with van der Waals surface area (Å²) in [7, 11) is -6.19. The maximum Gasteiger partial charge on any atom is 0.261 e. The lowest BCUT2D eigenvalue weighted by molar-refractivity contribution is 0.180. The van der Waals surface area contributed by atoms with Crippen molar-refractivity contribution in [2.45, 2.75) is 22.8 Å². The quantitative estimate of drug-likeness (QED) is 0.703.